The molecule has 1 aromatic heterocycles. The molecule has 0 saturated heterocycles. The predicted molar refractivity (Wildman–Crippen MR) is 71.4 cm³/mol. The molecule has 0 aliphatic carbocycles. The third-order valence-corrected chi connectivity index (χ3v) is 3.11. The Kier molecular flexibility index (Phi) is 3.80. The maximum Gasteiger partial charge on any atom is 0.433 e. The lowest BCUT2D eigenvalue weighted by atomic mass is 10.2. The summed E-state index contributed by atoms with van der Waals surface area (Å²) in [6.07, 6.45) is -3.20. The Morgan fingerprint density at radius 3 is 2.37 bits per heavy atom. The number of alkyl halides is 3. The number of hydrogen-bond donors (Lipinski definition) is 0. The maximum atomic E-state index is 12.4. The van der Waals surface area contributed by atoms with E-state index in [1.54, 1.807) is 11.9 Å². The van der Waals surface area contributed by atoms with Crippen LogP contribution < -0.4 is 4.90 Å². The largest absolute Gasteiger partial charge is 0.433 e. The summed E-state index contributed by atoms with van der Waals surface area (Å²) in [5, 5.41) is 0. The fraction of sp³-hybridized carbons (Fsp3) is 0.154. The minimum absolute atomic E-state index is 0.589. The van der Waals surface area contributed by atoms with Crippen LogP contribution in [0.3, 0.4) is 0 Å². The Hall–Kier alpha value is -1.56. The third-order valence-electron chi connectivity index (χ3n) is 2.62. The molecule has 0 fully saturated rings. The van der Waals surface area contributed by atoms with Crippen molar-refractivity contribution in [2.75, 3.05) is 11.9 Å². The summed E-state index contributed by atoms with van der Waals surface area (Å²) < 4.78 is 38.1. The minimum atomic E-state index is -4.41. The van der Waals surface area contributed by atoms with Crippen LogP contribution in [0.2, 0.25) is 0 Å². The number of hydrogen-bond acceptors (Lipinski definition) is 2. The quantitative estimate of drug-likeness (QED) is 0.798. The van der Waals surface area contributed by atoms with E-state index < -0.39 is 11.9 Å². The number of anilines is 2. The number of rotatable bonds is 2. The first-order valence-electron chi connectivity index (χ1n) is 5.40. The highest BCUT2D eigenvalue weighted by Crippen LogP contribution is 2.30. The normalized spacial score (nSPS) is 11.4. The molecular formula is C13H10BrF3N2. The topological polar surface area (TPSA) is 16.1 Å². The summed E-state index contributed by atoms with van der Waals surface area (Å²) in [5.41, 5.74) is 0.556. The molecule has 0 spiro atoms. The van der Waals surface area contributed by atoms with E-state index in [1.807, 2.05) is 24.3 Å². The van der Waals surface area contributed by atoms with Gasteiger partial charge in [-0.05, 0) is 30.3 Å². The Labute approximate surface area is 117 Å². The molecule has 0 aliphatic heterocycles. The standard InChI is InChI=1S/C13H10BrF3N2/c1-19(10-4-2-3-9(14)7-10)11-5-6-12(18-8-11)13(15,16)17/h2-8H,1H3. The second kappa shape index (κ2) is 5.21. The van der Waals surface area contributed by atoms with E-state index in [9.17, 15) is 13.2 Å². The first kappa shape index (κ1) is 13.9. The number of nitrogens with zero attached hydrogens (tertiary/aromatic N) is 2. The van der Waals surface area contributed by atoms with Gasteiger partial charge in [-0.15, -0.1) is 0 Å². The molecule has 1 aromatic carbocycles. The van der Waals surface area contributed by atoms with Crippen molar-refractivity contribution in [1.82, 2.24) is 4.98 Å². The van der Waals surface area contributed by atoms with Crippen molar-refractivity contribution in [2.24, 2.45) is 0 Å². The van der Waals surface area contributed by atoms with E-state index in [2.05, 4.69) is 20.9 Å². The highest BCUT2D eigenvalue weighted by molar-refractivity contribution is 9.10. The molecule has 0 amide bonds. The van der Waals surface area contributed by atoms with Crippen LogP contribution in [0.15, 0.2) is 47.1 Å². The van der Waals surface area contributed by atoms with Crippen LogP contribution in [-0.2, 0) is 6.18 Å². The molecule has 6 heteroatoms. The Balaban J connectivity index is 2.27. The Bertz CT molecular complexity index is 567. The van der Waals surface area contributed by atoms with E-state index in [4.69, 9.17) is 0 Å². The second-order valence-corrected chi connectivity index (χ2v) is 4.85. The molecule has 0 N–H and O–H groups in total. The smallest absolute Gasteiger partial charge is 0.343 e. The number of benzene rings is 1. The fourth-order valence-corrected chi connectivity index (χ4v) is 1.97. The van der Waals surface area contributed by atoms with Gasteiger partial charge >= 0.3 is 6.18 Å². The summed E-state index contributed by atoms with van der Waals surface area (Å²) in [5.74, 6) is 0. The number of pyridine rings is 1. The van der Waals surface area contributed by atoms with Gasteiger partial charge in [0.1, 0.15) is 5.69 Å². The van der Waals surface area contributed by atoms with E-state index in [-0.39, 0.29) is 0 Å². The van der Waals surface area contributed by atoms with E-state index >= 15 is 0 Å². The average Bonchev–Trinajstić information content (AvgIpc) is 2.37. The molecular weight excluding hydrogens is 321 g/mol. The molecule has 0 saturated carbocycles. The molecule has 100 valence electrons. The molecule has 2 nitrogen and oxygen atoms in total. The molecule has 2 rings (SSSR count). The highest BCUT2D eigenvalue weighted by Gasteiger charge is 2.32. The van der Waals surface area contributed by atoms with Gasteiger partial charge in [0.25, 0.3) is 0 Å². The zero-order valence-corrected chi connectivity index (χ0v) is 11.5. The summed E-state index contributed by atoms with van der Waals surface area (Å²) >= 11 is 3.35. The highest BCUT2D eigenvalue weighted by atomic mass is 79.9. The van der Waals surface area contributed by atoms with Crippen molar-refractivity contribution in [3.8, 4) is 0 Å². The van der Waals surface area contributed by atoms with Crippen LogP contribution in [0.1, 0.15) is 5.69 Å². The van der Waals surface area contributed by atoms with Gasteiger partial charge in [-0.1, -0.05) is 22.0 Å². The van der Waals surface area contributed by atoms with Gasteiger partial charge in [-0.25, -0.2) is 4.98 Å². The molecule has 0 atom stereocenters. The van der Waals surface area contributed by atoms with Crippen LogP contribution >= 0.6 is 15.9 Å². The van der Waals surface area contributed by atoms with E-state index in [0.29, 0.717) is 5.69 Å². The van der Waals surface area contributed by atoms with E-state index in [1.165, 1.54) is 12.3 Å². The molecule has 0 radical (unpaired) electrons. The molecule has 0 aliphatic rings. The lowest BCUT2D eigenvalue weighted by molar-refractivity contribution is -0.141. The molecule has 0 bridgehead atoms. The van der Waals surface area contributed by atoms with Gasteiger partial charge < -0.3 is 4.90 Å². The number of aromatic nitrogens is 1. The summed E-state index contributed by atoms with van der Waals surface area (Å²) in [4.78, 5) is 5.20. The third kappa shape index (κ3) is 3.26. The SMILES string of the molecule is CN(c1ccc(C(F)(F)F)nc1)c1cccc(Br)c1. The second-order valence-electron chi connectivity index (χ2n) is 3.94. The molecule has 19 heavy (non-hydrogen) atoms. The van der Waals surface area contributed by atoms with Crippen LogP contribution in [-0.4, -0.2) is 12.0 Å². The first-order valence-corrected chi connectivity index (χ1v) is 6.20. The van der Waals surface area contributed by atoms with Crippen LogP contribution in [0.25, 0.3) is 0 Å². The van der Waals surface area contributed by atoms with Crippen LogP contribution in [0.4, 0.5) is 24.5 Å². The van der Waals surface area contributed by atoms with Crippen molar-refractivity contribution in [1.29, 1.82) is 0 Å². The zero-order valence-electron chi connectivity index (χ0n) is 9.95. The Morgan fingerprint density at radius 1 is 1.11 bits per heavy atom. The Morgan fingerprint density at radius 2 is 1.84 bits per heavy atom. The van der Waals surface area contributed by atoms with Crippen molar-refractivity contribution < 1.29 is 13.2 Å². The van der Waals surface area contributed by atoms with E-state index in [0.717, 1.165) is 16.2 Å². The minimum Gasteiger partial charge on any atom is -0.343 e. The summed E-state index contributed by atoms with van der Waals surface area (Å²) in [6, 6.07) is 9.84. The monoisotopic (exact) mass is 330 g/mol. The average molecular weight is 331 g/mol. The summed E-state index contributed by atoms with van der Waals surface area (Å²) in [7, 11) is 1.77. The van der Waals surface area contributed by atoms with Crippen molar-refractivity contribution in [3.63, 3.8) is 0 Å². The lowest BCUT2D eigenvalue weighted by Crippen LogP contribution is -2.12. The summed E-state index contributed by atoms with van der Waals surface area (Å²) in [6.45, 7) is 0. The molecule has 0 unspecified atom stereocenters. The molecule has 2 aromatic rings. The van der Waals surface area contributed by atoms with Crippen molar-refractivity contribution in [2.45, 2.75) is 6.18 Å². The van der Waals surface area contributed by atoms with Gasteiger partial charge in [0, 0.05) is 17.2 Å². The van der Waals surface area contributed by atoms with Gasteiger partial charge in [-0.3, -0.25) is 0 Å². The lowest BCUT2D eigenvalue weighted by Gasteiger charge is -2.19. The van der Waals surface area contributed by atoms with Gasteiger partial charge in [0.05, 0.1) is 11.9 Å². The van der Waals surface area contributed by atoms with Crippen LogP contribution in [0, 0.1) is 0 Å². The van der Waals surface area contributed by atoms with Gasteiger partial charge in [0.2, 0.25) is 0 Å². The van der Waals surface area contributed by atoms with Gasteiger partial charge in [0.15, 0.2) is 0 Å². The van der Waals surface area contributed by atoms with Crippen molar-refractivity contribution >= 4 is 27.3 Å². The van der Waals surface area contributed by atoms with Gasteiger partial charge in [-0.2, -0.15) is 13.2 Å². The number of halogens is 4. The van der Waals surface area contributed by atoms with Crippen molar-refractivity contribution in [3.05, 3.63) is 52.8 Å². The maximum absolute atomic E-state index is 12.4. The first-order chi connectivity index (χ1) is 8.88. The zero-order chi connectivity index (χ0) is 14.0. The predicted octanol–water partition coefficient (Wildman–Crippen LogP) is 4.63. The fourth-order valence-electron chi connectivity index (χ4n) is 1.59. The molecule has 1 heterocycles. The van der Waals surface area contributed by atoms with Crippen LogP contribution in [0.5, 0.6) is 0 Å².